The molecule has 0 spiro atoms. The minimum atomic E-state index is 0.193. The average molecular weight is 285 g/mol. The number of hydrogen-bond acceptors (Lipinski definition) is 4. The molecule has 0 saturated carbocycles. The number of nitrogens with zero attached hydrogens (tertiary/aromatic N) is 5. The molecule has 0 aromatic carbocycles. The van der Waals surface area contributed by atoms with Crippen molar-refractivity contribution >= 4 is 5.91 Å². The molecule has 0 N–H and O–H groups in total. The molecule has 0 radical (unpaired) electrons. The lowest BCUT2D eigenvalue weighted by atomic mass is 10.1. The van der Waals surface area contributed by atoms with E-state index in [0.717, 1.165) is 31.0 Å². The summed E-state index contributed by atoms with van der Waals surface area (Å²) in [7, 11) is 0. The van der Waals surface area contributed by atoms with E-state index in [9.17, 15) is 4.79 Å². The average Bonchev–Trinajstić information content (AvgIpc) is 3.16. The summed E-state index contributed by atoms with van der Waals surface area (Å²) in [5.41, 5.74) is 0.977. The summed E-state index contributed by atoms with van der Waals surface area (Å²) in [6, 6.07) is 1.90. The standard InChI is InChI=1S/C15H19N5O/c1-12-2-5-17-15(18-12)13-3-8-20(10-13)14(21)4-7-19-9-6-16-11-19/h2,5-6,9,11,13H,3-4,7-8,10H2,1H3/t13-/m1/s1. The van der Waals surface area contributed by atoms with Crippen LogP contribution in [0.15, 0.2) is 31.0 Å². The Balaban J connectivity index is 1.55. The number of aromatic nitrogens is 4. The van der Waals surface area contributed by atoms with Gasteiger partial charge in [0.1, 0.15) is 5.82 Å². The van der Waals surface area contributed by atoms with Crippen LogP contribution in [0, 0.1) is 6.92 Å². The zero-order valence-corrected chi connectivity index (χ0v) is 12.1. The highest BCUT2D eigenvalue weighted by atomic mass is 16.2. The molecule has 0 unspecified atom stereocenters. The molecule has 110 valence electrons. The van der Waals surface area contributed by atoms with Gasteiger partial charge in [-0.15, -0.1) is 0 Å². The smallest absolute Gasteiger partial charge is 0.224 e. The molecule has 2 aromatic heterocycles. The van der Waals surface area contributed by atoms with Crippen molar-refractivity contribution in [2.45, 2.75) is 32.2 Å². The van der Waals surface area contributed by atoms with Crippen LogP contribution in [0.5, 0.6) is 0 Å². The molecular weight excluding hydrogens is 266 g/mol. The molecule has 1 aliphatic heterocycles. The molecule has 3 rings (SSSR count). The van der Waals surface area contributed by atoms with Gasteiger partial charge in [0.2, 0.25) is 5.91 Å². The van der Waals surface area contributed by atoms with Gasteiger partial charge in [0, 0.05) is 56.3 Å². The third-order valence-electron chi connectivity index (χ3n) is 3.86. The predicted octanol–water partition coefficient (Wildman–Crippen LogP) is 1.39. The van der Waals surface area contributed by atoms with Gasteiger partial charge in [0.15, 0.2) is 0 Å². The first-order valence-corrected chi connectivity index (χ1v) is 7.25. The van der Waals surface area contributed by atoms with E-state index >= 15 is 0 Å². The van der Waals surface area contributed by atoms with Crippen LogP contribution in [-0.4, -0.2) is 43.4 Å². The molecule has 6 heteroatoms. The maximum absolute atomic E-state index is 12.2. The van der Waals surface area contributed by atoms with Crippen LogP contribution in [-0.2, 0) is 11.3 Å². The zero-order valence-electron chi connectivity index (χ0n) is 12.1. The Morgan fingerprint density at radius 1 is 1.43 bits per heavy atom. The highest BCUT2D eigenvalue weighted by Crippen LogP contribution is 2.25. The Hall–Kier alpha value is -2.24. The summed E-state index contributed by atoms with van der Waals surface area (Å²) >= 11 is 0. The lowest BCUT2D eigenvalue weighted by molar-refractivity contribution is -0.130. The topological polar surface area (TPSA) is 63.9 Å². The first kappa shape index (κ1) is 13.7. The van der Waals surface area contributed by atoms with Crippen molar-refractivity contribution in [3.8, 4) is 0 Å². The van der Waals surface area contributed by atoms with Crippen LogP contribution in [0.1, 0.15) is 30.3 Å². The first-order chi connectivity index (χ1) is 10.2. The second-order valence-electron chi connectivity index (χ2n) is 5.43. The fraction of sp³-hybridized carbons (Fsp3) is 0.467. The molecule has 21 heavy (non-hydrogen) atoms. The largest absolute Gasteiger partial charge is 0.342 e. The van der Waals surface area contributed by atoms with Crippen molar-refractivity contribution < 1.29 is 4.79 Å². The molecule has 1 amide bonds. The van der Waals surface area contributed by atoms with Gasteiger partial charge in [-0.05, 0) is 19.4 Å². The zero-order chi connectivity index (χ0) is 14.7. The van der Waals surface area contributed by atoms with Crippen molar-refractivity contribution in [1.29, 1.82) is 0 Å². The molecule has 3 heterocycles. The number of rotatable bonds is 4. The van der Waals surface area contributed by atoms with E-state index < -0.39 is 0 Å². The highest BCUT2D eigenvalue weighted by molar-refractivity contribution is 5.76. The number of hydrogen-bond donors (Lipinski definition) is 0. The van der Waals surface area contributed by atoms with Gasteiger partial charge in [-0.25, -0.2) is 15.0 Å². The second kappa shape index (κ2) is 6.03. The van der Waals surface area contributed by atoms with Gasteiger partial charge in [-0.1, -0.05) is 0 Å². The van der Waals surface area contributed by atoms with E-state index in [2.05, 4.69) is 15.0 Å². The second-order valence-corrected chi connectivity index (χ2v) is 5.43. The lowest BCUT2D eigenvalue weighted by Gasteiger charge is -2.16. The molecule has 1 aliphatic rings. The van der Waals surface area contributed by atoms with E-state index in [-0.39, 0.29) is 11.8 Å². The third-order valence-corrected chi connectivity index (χ3v) is 3.86. The molecule has 1 saturated heterocycles. The van der Waals surface area contributed by atoms with Gasteiger partial charge >= 0.3 is 0 Å². The number of carbonyl (C=O) groups is 1. The van der Waals surface area contributed by atoms with Crippen LogP contribution >= 0.6 is 0 Å². The summed E-state index contributed by atoms with van der Waals surface area (Å²) in [5, 5.41) is 0. The van der Waals surface area contributed by atoms with Gasteiger partial charge < -0.3 is 9.47 Å². The van der Waals surface area contributed by atoms with Crippen LogP contribution in [0.2, 0.25) is 0 Å². The van der Waals surface area contributed by atoms with Crippen molar-refractivity contribution in [3.63, 3.8) is 0 Å². The van der Waals surface area contributed by atoms with Crippen LogP contribution in [0.25, 0.3) is 0 Å². The van der Waals surface area contributed by atoms with E-state index in [1.54, 1.807) is 18.7 Å². The fourth-order valence-corrected chi connectivity index (χ4v) is 2.66. The van der Waals surface area contributed by atoms with Crippen molar-refractivity contribution in [1.82, 2.24) is 24.4 Å². The van der Waals surface area contributed by atoms with Crippen LogP contribution in [0.3, 0.4) is 0 Å². The molecule has 1 atom stereocenters. The Morgan fingerprint density at radius 2 is 2.33 bits per heavy atom. The molecule has 1 fully saturated rings. The van der Waals surface area contributed by atoms with E-state index in [1.807, 2.05) is 28.7 Å². The number of carbonyl (C=O) groups excluding carboxylic acids is 1. The maximum atomic E-state index is 12.2. The lowest BCUT2D eigenvalue weighted by Crippen LogP contribution is -2.29. The molecule has 6 nitrogen and oxygen atoms in total. The molecule has 2 aromatic rings. The number of imidazole rings is 1. The SMILES string of the molecule is Cc1ccnc([C@@H]2CCN(C(=O)CCn3ccnc3)C2)n1. The van der Waals surface area contributed by atoms with Crippen LogP contribution < -0.4 is 0 Å². The number of aryl methyl sites for hydroxylation is 2. The van der Waals surface area contributed by atoms with Gasteiger partial charge in [-0.3, -0.25) is 4.79 Å². The van der Waals surface area contributed by atoms with E-state index in [0.29, 0.717) is 13.0 Å². The highest BCUT2D eigenvalue weighted by Gasteiger charge is 2.28. The van der Waals surface area contributed by atoms with E-state index in [4.69, 9.17) is 0 Å². The number of likely N-dealkylation sites (tertiary alicyclic amines) is 1. The summed E-state index contributed by atoms with van der Waals surface area (Å²) in [6.45, 7) is 4.17. The Bertz CT molecular complexity index is 610. The van der Waals surface area contributed by atoms with Crippen molar-refractivity contribution in [2.24, 2.45) is 0 Å². The first-order valence-electron chi connectivity index (χ1n) is 7.25. The quantitative estimate of drug-likeness (QED) is 0.851. The normalized spacial score (nSPS) is 18.1. The molecule has 0 bridgehead atoms. The minimum Gasteiger partial charge on any atom is -0.342 e. The Morgan fingerprint density at radius 3 is 3.10 bits per heavy atom. The Labute approximate surface area is 123 Å². The minimum absolute atomic E-state index is 0.193. The van der Waals surface area contributed by atoms with Gasteiger partial charge in [0.05, 0.1) is 6.33 Å². The third kappa shape index (κ3) is 3.26. The van der Waals surface area contributed by atoms with Crippen LogP contribution in [0.4, 0.5) is 0 Å². The van der Waals surface area contributed by atoms with E-state index in [1.165, 1.54) is 0 Å². The fourth-order valence-electron chi connectivity index (χ4n) is 2.66. The monoisotopic (exact) mass is 285 g/mol. The summed E-state index contributed by atoms with van der Waals surface area (Å²) in [4.78, 5) is 27.0. The maximum Gasteiger partial charge on any atom is 0.224 e. The summed E-state index contributed by atoms with van der Waals surface area (Å²) in [6.07, 6.45) is 8.59. The van der Waals surface area contributed by atoms with Crippen molar-refractivity contribution in [3.05, 3.63) is 42.5 Å². The molecular formula is C15H19N5O. The van der Waals surface area contributed by atoms with Gasteiger partial charge in [-0.2, -0.15) is 0 Å². The summed E-state index contributed by atoms with van der Waals surface area (Å²) < 4.78 is 1.93. The predicted molar refractivity (Wildman–Crippen MR) is 77.6 cm³/mol. The van der Waals surface area contributed by atoms with Gasteiger partial charge in [0.25, 0.3) is 0 Å². The van der Waals surface area contributed by atoms with Crippen molar-refractivity contribution in [2.75, 3.05) is 13.1 Å². The number of amides is 1. The molecule has 0 aliphatic carbocycles. The Kier molecular flexibility index (Phi) is 3.94. The summed E-state index contributed by atoms with van der Waals surface area (Å²) in [5.74, 6) is 1.32.